The minimum Gasteiger partial charge on any atom is -0.494 e. The van der Waals surface area contributed by atoms with E-state index in [2.05, 4.69) is 26.3 Å². The lowest BCUT2D eigenvalue weighted by Gasteiger charge is -2.09. The summed E-state index contributed by atoms with van der Waals surface area (Å²) < 4.78 is 13.7. The molecule has 4 aromatic rings. The molecule has 0 saturated carbocycles. The van der Waals surface area contributed by atoms with Gasteiger partial charge in [0.2, 0.25) is 0 Å². The number of halogens is 3. The lowest BCUT2D eigenvalue weighted by Crippen LogP contribution is -2.13. The fraction of sp³-hybridized carbons (Fsp3) is 0.154. The summed E-state index contributed by atoms with van der Waals surface area (Å²) in [7, 11) is 0. The molecule has 0 radical (unpaired) electrons. The van der Waals surface area contributed by atoms with Crippen molar-refractivity contribution in [1.82, 2.24) is 9.78 Å². The maximum absolute atomic E-state index is 12.9. The van der Waals surface area contributed by atoms with Crippen LogP contribution in [-0.4, -0.2) is 22.3 Å². The zero-order chi connectivity index (χ0) is 24.8. The van der Waals surface area contributed by atoms with E-state index in [4.69, 9.17) is 32.7 Å². The number of nitrogens with zero attached hydrogens (tertiary/aromatic N) is 2. The van der Waals surface area contributed by atoms with Gasteiger partial charge >= 0.3 is 0 Å². The molecule has 35 heavy (non-hydrogen) atoms. The van der Waals surface area contributed by atoms with Crippen molar-refractivity contribution in [3.63, 3.8) is 0 Å². The van der Waals surface area contributed by atoms with Crippen molar-refractivity contribution in [2.24, 2.45) is 0 Å². The SMILES string of the molecule is CCOc1ccc(OCc2cccc(C(=O)Nc3nn(Cc4ccc(Cl)c(Cl)c4)cc3Br)c2)cc1. The molecule has 0 atom stereocenters. The highest BCUT2D eigenvalue weighted by Crippen LogP contribution is 2.25. The van der Waals surface area contributed by atoms with Crippen LogP contribution in [0, 0.1) is 0 Å². The molecule has 0 spiro atoms. The fourth-order valence-corrected chi connectivity index (χ4v) is 4.07. The molecule has 3 aromatic carbocycles. The summed E-state index contributed by atoms with van der Waals surface area (Å²) in [4.78, 5) is 12.9. The van der Waals surface area contributed by atoms with E-state index < -0.39 is 0 Å². The Morgan fingerprint density at radius 3 is 2.43 bits per heavy atom. The third-order valence-corrected chi connectivity index (χ3v) is 6.33. The van der Waals surface area contributed by atoms with Crippen LogP contribution in [0.25, 0.3) is 0 Å². The van der Waals surface area contributed by atoms with Crippen LogP contribution in [0.3, 0.4) is 0 Å². The Labute approximate surface area is 221 Å². The predicted molar refractivity (Wildman–Crippen MR) is 142 cm³/mol. The number of aromatic nitrogens is 2. The maximum atomic E-state index is 12.9. The van der Waals surface area contributed by atoms with Gasteiger partial charge in [-0.05, 0) is 82.5 Å². The fourth-order valence-electron chi connectivity index (χ4n) is 3.34. The van der Waals surface area contributed by atoms with E-state index in [1.807, 2.05) is 49.4 Å². The quantitative estimate of drug-likeness (QED) is 0.229. The zero-order valence-corrected chi connectivity index (χ0v) is 21.9. The normalized spacial score (nSPS) is 10.7. The zero-order valence-electron chi connectivity index (χ0n) is 18.8. The lowest BCUT2D eigenvalue weighted by atomic mass is 10.1. The van der Waals surface area contributed by atoms with E-state index in [-0.39, 0.29) is 5.91 Å². The Morgan fingerprint density at radius 1 is 0.971 bits per heavy atom. The number of amides is 1. The number of anilines is 1. The van der Waals surface area contributed by atoms with E-state index in [0.717, 1.165) is 22.6 Å². The first-order valence-electron chi connectivity index (χ1n) is 10.8. The smallest absolute Gasteiger partial charge is 0.256 e. The largest absolute Gasteiger partial charge is 0.494 e. The third kappa shape index (κ3) is 6.78. The standard InChI is InChI=1S/C26H22BrCl2N3O3/c1-2-34-20-7-9-21(10-8-20)35-16-18-4-3-5-19(12-18)26(33)30-25-22(27)15-32(31-25)14-17-6-11-23(28)24(29)13-17/h3-13,15H,2,14,16H2,1H3,(H,30,31,33). The molecule has 0 saturated heterocycles. The highest BCUT2D eigenvalue weighted by atomic mass is 79.9. The average Bonchev–Trinajstić information content (AvgIpc) is 3.19. The van der Waals surface area contributed by atoms with E-state index in [1.165, 1.54) is 0 Å². The molecule has 0 bridgehead atoms. The summed E-state index contributed by atoms with van der Waals surface area (Å²) in [5.41, 5.74) is 2.31. The Morgan fingerprint density at radius 2 is 1.71 bits per heavy atom. The van der Waals surface area contributed by atoms with Crippen LogP contribution in [0.4, 0.5) is 5.82 Å². The molecule has 9 heteroatoms. The molecule has 1 amide bonds. The second kappa shape index (κ2) is 11.6. The monoisotopic (exact) mass is 573 g/mol. The van der Waals surface area contributed by atoms with Crippen molar-refractivity contribution in [3.8, 4) is 11.5 Å². The van der Waals surface area contributed by atoms with Crippen LogP contribution in [0.15, 0.2) is 77.4 Å². The number of benzene rings is 3. The molecule has 180 valence electrons. The highest BCUT2D eigenvalue weighted by Gasteiger charge is 2.13. The van der Waals surface area contributed by atoms with Crippen LogP contribution < -0.4 is 14.8 Å². The molecule has 0 aliphatic carbocycles. The first-order valence-corrected chi connectivity index (χ1v) is 12.4. The van der Waals surface area contributed by atoms with Crippen LogP contribution in [0.5, 0.6) is 11.5 Å². The number of nitrogens with one attached hydrogen (secondary N) is 1. The second-order valence-corrected chi connectivity index (χ2v) is 9.29. The Kier molecular flexibility index (Phi) is 8.33. The highest BCUT2D eigenvalue weighted by molar-refractivity contribution is 9.10. The lowest BCUT2D eigenvalue weighted by molar-refractivity contribution is 0.102. The van der Waals surface area contributed by atoms with Gasteiger partial charge in [-0.2, -0.15) is 5.10 Å². The number of rotatable bonds is 9. The summed E-state index contributed by atoms with van der Waals surface area (Å²) in [6.07, 6.45) is 1.79. The van der Waals surface area contributed by atoms with Crippen LogP contribution in [0.2, 0.25) is 10.0 Å². The van der Waals surface area contributed by atoms with Gasteiger partial charge in [-0.15, -0.1) is 0 Å². The summed E-state index contributed by atoms with van der Waals surface area (Å²) in [6.45, 7) is 3.36. The summed E-state index contributed by atoms with van der Waals surface area (Å²) in [5, 5.41) is 8.30. The minimum absolute atomic E-state index is 0.270. The molecular weight excluding hydrogens is 553 g/mol. The summed E-state index contributed by atoms with van der Waals surface area (Å²) >= 11 is 15.5. The number of carbonyl (C=O) groups is 1. The first-order chi connectivity index (χ1) is 16.9. The van der Waals surface area contributed by atoms with Crippen molar-refractivity contribution in [1.29, 1.82) is 0 Å². The summed E-state index contributed by atoms with van der Waals surface area (Å²) in [6, 6.07) is 20.1. The molecule has 0 aliphatic rings. The van der Waals surface area contributed by atoms with Gasteiger partial charge in [-0.1, -0.05) is 41.4 Å². The van der Waals surface area contributed by atoms with Gasteiger partial charge in [-0.25, -0.2) is 0 Å². The maximum Gasteiger partial charge on any atom is 0.256 e. The molecular formula is C26H22BrCl2N3O3. The Hall–Kier alpha value is -3.00. The molecule has 0 unspecified atom stereocenters. The van der Waals surface area contributed by atoms with E-state index in [9.17, 15) is 4.79 Å². The third-order valence-electron chi connectivity index (χ3n) is 5.01. The van der Waals surface area contributed by atoms with Gasteiger partial charge in [0, 0.05) is 11.8 Å². The number of hydrogen-bond donors (Lipinski definition) is 1. The number of ether oxygens (including phenoxy) is 2. The van der Waals surface area contributed by atoms with Crippen molar-refractivity contribution < 1.29 is 14.3 Å². The minimum atomic E-state index is -0.270. The van der Waals surface area contributed by atoms with Crippen LogP contribution in [-0.2, 0) is 13.2 Å². The van der Waals surface area contributed by atoms with Crippen molar-refractivity contribution in [3.05, 3.63) is 104 Å². The van der Waals surface area contributed by atoms with Crippen LogP contribution >= 0.6 is 39.1 Å². The molecule has 1 aromatic heterocycles. The molecule has 4 rings (SSSR count). The molecule has 1 heterocycles. The number of hydrogen-bond acceptors (Lipinski definition) is 4. The van der Waals surface area contributed by atoms with Gasteiger partial charge in [0.05, 0.1) is 27.7 Å². The van der Waals surface area contributed by atoms with Gasteiger partial charge in [-0.3, -0.25) is 9.48 Å². The summed E-state index contributed by atoms with van der Waals surface area (Å²) in [5.74, 6) is 1.67. The molecule has 6 nitrogen and oxygen atoms in total. The van der Waals surface area contributed by atoms with E-state index in [1.54, 1.807) is 35.1 Å². The average molecular weight is 575 g/mol. The van der Waals surface area contributed by atoms with Crippen molar-refractivity contribution in [2.75, 3.05) is 11.9 Å². The van der Waals surface area contributed by atoms with Gasteiger partial charge in [0.25, 0.3) is 5.91 Å². The van der Waals surface area contributed by atoms with E-state index >= 15 is 0 Å². The molecule has 0 fully saturated rings. The number of carbonyl (C=O) groups excluding carboxylic acids is 1. The predicted octanol–water partition coefficient (Wildman–Crippen LogP) is 7.23. The van der Waals surface area contributed by atoms with Crippen LogP contribution in [0.1, 0.15) is 28.4 Å². The van der Waals surface area contributed by atoms with Gasteiger partial charge in [0.1, 0.15) is 18.1 Å². The molecule has 1 N–H and O–H groups in total. The topological polar surface area (TPSA) is 65.4 Å². The first kappa shape index (κ1) is 25.1. The Bertz CT molecular complexity index is 1330. The molecule has 0 aliphatic heterocycles. The van der Waals surface area contributed by atoms with Crippen molar-refractivity contribution in [2.45, 2.75) is 20.1 Å². The van der Waals surface area contributed by atoms with Gasteiger partial charge in [0.15, 0.2) is 5.82 Å². The van der Waals surface area contributed by atoms with Crippen molar-refractivity contribution >= 4 is 50.9 Å². The Balaban J connectivity index is 1.38. The van der Waals surface area contributed by atoms with E-state index in [0.29, 0.717) is 45.7 Å². The van der Waals surface area contributed by atoms with Gasteiger partial charge < -0.3 is 14.8 Å². The second-order valence-electron chi connectivity index (χ2n) is 7.62.